The van der Waals surface area contributed by atoms with E-state index in [-0.39, 0.29) is 0 Å². The fourth-order valence-corrected chi connectivity index (χ4v) is 3.01. The third kappa shape index (κ3) is 3.76. The average molecular weight is 245 g/mol. The van der Waals surface area contributed by atoms with E-state index in [1.165, 1.54) is 56.2 Å². The summed E-state index contributed by atoms with van der Waals surface area (Å²) in [5, 5.41) is 3.69. The Morgan fingerprint density at radius 3 is 2.22 bits per heavy atom. The summed E-state index contributed by atoms with van der Waals surface area (Å²) >= 11 is 0. The van der Waals surface area contributed by atoms with Crippen LogP contribution in [-0.4, -0.2) is 6.04 Å². The molecule has 0 radical (unpaired) electrons. The summed E-state index contributed by atoms with van der Waals surface area (Å²) in [7, 11) is 0. The first-order valence-corrected chi connectivity index (χ1v) is 7.67. The lowest BCUT2D eigenvalue weighted by Crippen LogP contribution is -2.25. The van der Waals surface area contributed by atoms with E-state index in [1.807, 2.05) is 0 Å². The van der Waals surface area contributed by atoms with E-state index in [9.17, 15) is 0 Å². The van der Waals surface area contributed by atoms with E-state index in [1.54, 1.807) is 0 Å². The van der Waals surface area contributed by atoms with Crippen LogP contribution in [0.4, 0.5) is 5.69 Å². The molecule has 1 nitrogen and oxygen atoms in total. The van der Waals surface area contributed by atoms with Crippen molar-refractivity contribution in [1.29, 1.82) is 0 Å². The van der Waals surface area contributed by atoms with E-state index in [2.05, 4.69) is 43.4 Å². The van der Waals surface area contributed by atoms with Gasteiger partial charge in [-0.3, -0.25) is 0 Å². The Hall–Kier alpha value is -0.980. The molecule has 0 bridgehead atoms. The normalized spacial score (nSPS) is 23.9. The molecule has 0 aromatic heterocycles. The molecule has 0 spiro atoms. The van der Waals surface area contributed by atoms with Crippen LogP contribution in [0.15, 0.2) is 24.3 Å². The van der Waals surface area contributed by atoms with E-state index >= 15 is 0 Å². The monoisotopic (exact) mass is 245 g/mol. The Kier molecular flexibility index (Phi) is 5.10. The quantitative estimate of drug-likeness (QED) is 0.768. The summed E-state index contributed by atoms with van der Waals surface area (Å²) < 4.78 is 0. The molecular formula is C17H27N. The lowest BCUT2D eigenvalue weighted by Gasteiger charge is -2.29. The molecule has 0 saturated heterocycles. The maximum atomic E-state index is 3.69. The van der Waals surface area contributed by atoms with E-state index in [0.29, 0.717) is 6.04 Å². The fourth-order valence-electron chi connectivity index (χ4n) is 3.01. The minimum absolute atomic E-state index is 0.699. The predicted molar refractivity (Wildman–Crippen MR) is 80.1 cm³/mol. The van der Waals surface area contributed by atoms with Gasteiger partial charge in [0.2, 0.25) is 0 Å². The zero-order chi connectivity index (χ0) is 12.8. The van der Waals surface area contributed by atoms with Crippen LogP contribution in [0, 0.1) is 5.92 Å². The van der Waals surface area contributed by atoms with Crippen molar-refractivity contribution in [2.45, 2.75) is 64.8 Å². The van der Waals surface area contributed by atoms with Crippen LogP contribution in [0.25, 0.3) is 0 Å². The molecule has 18 heavy (non-hydrogen) atoms. The maximum Gasteiger partial charge on any atom is 0.0342 e. The van der Waals surface area contributed by atoms with Crippen LogP contribution in [-0.2, 0) is 6.42 Å². The Morgan fingerprint density at radius 1 is 1.00 bits per heavy atom. The standard InChI is InChI=1S/C17H27N/c1-3-5-15-8-12-17(13-9-15)18-16-10-6-14(4-2)7-11-16/h8-9,12-14,16,18H,3-7,10-11H2,1-2H3. The van der Waals surface area contributed by atoms with Crippen LogP contribution in [0.5, 0.6) is 0 Å². The van der Waals surface area contributed by atoms with Crippen LogP contribution < -0.4 is 5.32 Å². The van der Waals surface area contributed by atoms with Crippen molar-refractivity contribution in [2.24, 2.45) is 5.92 Å². The topological polar surface area (TPSA) is 12.0 Å². The summed E-state index contributed by atoms with van der Waals surface area (Å²) in [4.78, 5) is 0. The van der Waals surface area contributed by atoms with Gasteiger partial charge in [0.15, 0.2) is 0 Å². The zero-order valence-corrected chi connectivity index (χ0v) is 11.9. The van der Waals surface area contributed by atoms with E-state index in [0.717, 1.165) is 5.92 Å². The van der Waals surface area contributed by atoms with Crippen molar-refractivity contribution >= 4 is 5.69 Å². The van der Waals surface area contributed by atoms with Gasteiger partial charge in [-0.25, -0.2) is 0 Å². The highest BCUT2D eigenvalue weighted by Crippen LogP contribution is 2.28. The lowest BCUT2D eigenvalue weighted by atomic mass is 9.84. The molecule has 1 heteroatoms. The van der Waals surface area contributed by atoms with Gasteiger partial charge in [0.1, 0.15) is 0 Å². The van der Waals surface area contributed by atoms with Crippen molar-refractivity contribution < 1.29 is 0 Å². The number of nitrogens with one attached hydrogen (secondary N) is 1. The number of hydrogen-bond donors (Lipinski definition) is 1. The SMILES string of the molecule is CCCc1ccc(NC2CCC(CC)CC2)cc1. The van der Waals surface area contributed by atoms with Gasteiger partial charge in [-0.15, -0.1) is 0 Å². The molecule has 0 heterocycles. The molecule has 0 atom stereocenters. The third-order valence-electron chi connectivity index (χ3n) is 4.29. The van der Waals surface area contributed by atoms with Crippen molar-refractivity contribution in [3.63, 3.8) is 0 Å². The van der Waals surface area contributed by atoms with Gasteiger partial charge in [0.25, 0.3) is 0 Å². The van der Waals surface area contributed by atoms with Gasteiger partial charge in [-0.2, -0.15) is 0 Å². The van der Waals surface area contributed by atoms with Gasteiger partial charge >= 0.3 is 0 Å². The Balaban J connectivity index is 1.82. The van der Waals surface area contributed by atoms with Crippen LogP contribution in [0.3, 0.4) is 0 Å². The zero-order valence-electron chi connectivity index (χ0n) is 11.9. The molecule has 1 aromatic carbocycles. The molecule has 0 amide bonds. The summed E-state index contributed by atoms with van der Waals surface area (Å²) in [5.41, 5.74) is 2.76. The third-order valence-corrected chi connectivity index (χ3v) is 4.29. The smallest absolute Gasteiger partial charge is 0.0342 e. The minimum Gasteiger partial charge on any atom is -0.382 e. The van der Waals surface area contributed by atoms with Gasteiger partial charge in [-0.1, -0.05) is 38.8 Å². The van der Waals surface area contributed by atoms with Crippen molar-refractivity contribution in [3.05, 3.63) is 29.8 Å². The highest BCUT2D eigenvalue weighted by Gasteiger charge is 2.19. The molecule has 0 unspecified atom stereocenters. The van der Waals surface area contributed by atoms with E-state index in [4.69, 9.17) is 0 Å². The number of hydrogen-bond acceptors (Lipinski definition) is 1. The second kappa shape index (κ2) is 6.82. The first-order valence-electron chi connectivity index (χ1n) is 7.67. The lowest BCUT2D eigenvalue weighted by molar-refractivity contribution is 0.330. The van der Waals surface area contributed by atoms with Crippen molar-refractivity contribution in [3.8, 4) is 0 Å². The minimum atomic E-state index is 0.699. The maximum absolute atomic E-state index is 3.69. The molecule has 1 aromatic rings. The molecule has 1 saturated carbocycles. The number of aryl methyl sites for hydroxylation is 1. The van der Waals surface area contributed by atoms with Gasteiger partial charge < -0.3 is 5.32 Å². The molecule has 100 valence electrons. The van der Waals surface area contributed by atoms with Gasteiger partial charge in [0.05, 0.1) is 0 Å². The summed E-state index contributed by atoms with van der Waals surface area (Å²) in [6.07, 6.45) is 9.28. The molecular weight excluding hydrogens is 218 g/mol. The molecule has 1 N–H and O–H groups in total. The Bertz CT molecular complexity index is 333. The summed E-state index contributed by atoms with van der Waals surface area (Å²) in [5.74, 6) is 0.981. The molecule has 1 aliphatic carbocycles. The fraction of sp³-hybridized carbons (Fsp3) is 0.647. The van der Waals surface area contributed by atoms with Crippen molar-refractivity contribution in [1.82, 2.24) is 0 Å². The second-order valence-electron chi connectivity index (χ2n) is 5.72. The second-order valence-corrected chi connectivity index (χ2v) is 5.72. The highest BCUT2D eigenvalue weighted by molar-refractivity contribution is 5.45. The first-order chi connectivity index (χ1) is 8.81. The first kappa shape index (κ1) is 13.5. The molecule has 2 rings (SSSR count). The van der Waals surface area contributed by atoms with Crippen LogP contribution in [0.2, 0.25) is 0 Å². The Labute approximate surface area is 112 Å². The van der Waals surface area contributed by atoms with Crippen LogP contribution in [0.1, 0.15) is 57.9 Å². The predicted octanol–water partition coefficient (Wildman–Crippen LogP) is 5.02. The van der Waals surface area contributed by atoms with Crippen molar-refractivity contribution in [2.75, 3.05) is 5.32 Å². The molecule has 1 aliphatic rings. The van der Waals surface area contributed by atoms with E-state index < -0.39 is 0 Å². The average Bonchev–Trinajstić information content (AvgIpc) is 2.42. The number of rotatable bonds is 5. The molecule has 1 fully saturated rings. The van der Waals surface area contributed by atoms with Gasteiger partial charge in [0, 0.05) is 11.7 Å². The highest BCUT2D eigenvalue weighted by atomic mass is 14.9. The summed E-state index contributed by atoms with van der Waals surface area (Å²) in [6, 6.07) is 9.73. The largest absolute Gasteiger partial charge is 0.382 e. The number of anilines is 1. The summed E-state index contributed by atoms with van der Waals surface area (Å²) in [6.45, 7) is 4.56. The number of benzene rings is 1. The van der Waals surface area contributed by atoms with Crippen LogP contribution >= 0.6 is 0 Å². The Morgan fingerprint density at radius 2 is 1.67 bits per heavy atom. The van der Waals surface area contributed by atoms with Gasteiger partial charge in [-0.05, 0) is 55.7 Å². The molecule has 0 aliphatic heterocycles.